The van der Waals surface area contributed by atoms with Crippen LogP contribution >= 0.6 is 0 Å². The van der Waals surface area contributed by atoms with E-state index in [2.05, 4.69) is 5.32 Å². The van der Waals surface area contributed by atoms with Crippen molar-refractivity contribution in [2.75, 3.05) is 6.54 Å². The Morgan fingerprint density at radius 2 is 2.14 bits per heavy atom. The molecule has 0 saturated carbocycles. The van der Waals surface area contributed by atoms with Crippen LogP contribution in [-0.4, -0.2) is 23.2 Å². The molecule has 1 aliphatic heterocycles. The van der Waals surface area contributed by atoms with Crippen LogP contribution in [0.1, 0.15) is 46.0 Å². The Morgan fingerprint density at radius 1 is 1.50 bits per heavy atom. The first kappa shape index (κ1) is 11.5. The predicted octanol–water partition coefficient (Wildman–Crippen LogP) is 1.45. The molecule has 1 saturated heterocycles. The molecule has 2 N–H and O–H groups in total. The molecule has 0 radical (unpaired) electrons. The fourth-order valence-electron chi connectivity index (χ4n) is 2.03. The summed E-state index contributed by atoms with van der Waals surface area (Å²) < 4.78 is 0. The molecule has 1 aliphatic rings. The van der Waals surface area contributed by atoms with Crippen molar-refractivity contribution in [3.05, 3.63) is 0 Å². The van der Waals surface area contributed by atoms with Gasteiger partial charge in [-0.2, -0.15) is 0 Å². The van der Waals surface area contributed by atoms with Crippen molar-refractivity contribution in [3.8, 4) is 0 Å². The summed E-state index contributed by atoms with van der Waals surface area (Å²) >= 11 is 0. The fraction of sp³-hybridized carbons (Fsp3) is 0.909. The summed E-state index contributed by atoms with van der Waals surface area (Å²) in [5, 5.41) is 13.0. The van der Waals surface area contributed by atoms with Gasteiger partial charge < -0.3 is 10.4 Å². The number of hydrogen-bond donors (Lipinski definition) is 2. The molecule has 3 heteroatoms. The van der Waals surface area contributed by atoms with E-state index in [9.17, 15) is 9.90 Å². The monoisotopic (exact) mass is 199 g/mol. The number of carbonyl (C=O) groups excluding carboxylic acids is 1. The minimum absolute atomic E-state index is 0.0219. The number of rotatable bonds is 4. The van der Waals surface area contributed by atoms with E-state index in [1.807, 2.05) is 13.8 Å². The van der Waals surface area contributed by atoms with E-state index < -0.39 is 5.60 Å². The summed E-state index contributed by atoms with van der Waals surface area (Å²) in [5.41, 5.74) is -0.640. The van der Waals surface area contributed by atoms with Gasteiger partial charge in [-0.15, -0.1) is 0 Å². The maximum atomic E-state index is 11.5. The molecule has 1 amide bonds. The van der Waals surface area contributed by atoms with E-state index in [-0.39, 0.29) is 11.8 Å². The van der Waals surface area contributed by atoms with E-state index in [4.69, 9.17) is 0 Å². The standard InChI is InChI=1S/C11H21NO2/c1-3-11(14,4-2)8-9-6-5-7-12-10(9)13/h9,14H,3-8H2,1-2H3,(H,12,13). The zero-order valence-electron chi connectivity index (χ0n) is 9.18. The molecule has 0 aliphatic carbocycles. The molecular formula is C11H21NO2. The quantitative estimate of drug-likeness (QED) is 0.720. The van der Waals surface area contributed by atoms with E-state index in [1.54, 1.807) is 0 Å². The average molecular weight is 199 g/mol. The van der Waals surface area contributed by atoms with Gasteiger partial charge in [0.05, 0.1) is 5.60 Å². The molecule has 0 spiro atoms. The Hall–Kier alpha value is -0.570. The lowest BCUT2D eigenvalue weighted by molar-refractivity contribution is -0.129. The number of hydrogen-bond acceptors (Lipinski definition) is 2. The van der Waals surface area contributed by atoms with Crippen molar-refractivity contribution < 1.29 is 9.90 Å². The first-order chi connectivity index (χ1) is 6.61. The number of aliphatic hydroxyl groups is 1. The number of nitrogens with one attached hydrogen (secondary N) is 1. The van der Waals surface area contributed by atoms with Gasteiger partial charge in [-0.1, -0.05) is 13.8 Å². The van der Waals surface area contributed by atoms with Crippen molar-refractivity contribution in [3.63, 3.8) is 0 Å². The third-order valence-electron chi connectivity index (χ3n) is 3.34. The molecule has 82 valence electrons. The van der Waals surface area contributed by atoms with E-state index in [1.165, 1.54) is 0 Å². The third-order valence-corrected chi connectivity index (χ3v) is 3.34. The van der Waals surface area contributed by atoms with Gasteiger partial charge in [-0.3, -0.25) is 4.79 Å². The fourth-order valence-corrected chi connectivity index (χ4v) is 2.03. The Bertz CT molecular complexity index is 199. The van der Waals surface area contributed by atoms with Crippen molar-refractivity contribution in [1.82, 2.24) is 5.32 Å². The van der Waals surface area contributed by atoms with Gasteiger partial charge >= 0.3 is 0 Å². The van der Waals surface area contributed by atoms with Crippen LogP contribution in [0, 0.1) is 5.92 Å². The normalized spacial score (nSPS) is 23.4. The van der Waals surface area contributed by atoms with Crippen LogP contribution in [0.15, 0.2) is 0 Å². The van der Waals surface area contributed by atoms with Gasteiger partial charge in [0, 0.05) is 12.5 Å². The highest BCUT2D eigenvalue weighted by Crippen LogP contribution is 2.28. The molecule has 0 aromatic carbocycles. The van der Waals surface area contributed by atoms with E-state index in [0.717, 1.165) is 32.2 Å². The van der Waals surface area contributed by atoms with Crippen molar-refractivity contribution in [1.29, 1.82) is 0 Å². The highest BCUT2D eigenvalue weighted by molar-refractivity contribution is 5.79. The Morgan fingerprint density at radius 3 is 2.64 bits per heavy atom. The zero-order valence-corrected chi connectivity index (χ0v) is 9.18. The van der Waals surface area contributed by atoms with Crippen LogP contribution in [0.5, 0.6) is 0 Å². The Balaban J connectivity index is 2.52. The van der Waals surface area contributed by atoms with Crippen LogP contribution in [0.4, 0.5) is 0 Å². The average Bonchev–Trinajstić information content (AvgIpc) is 2.21. The molecule has 0 bridgehead atoms. The topological polar surface area (TPSA) is 49.3 Å². The van der Waals surface area contributed by atoms with Crippen molar-refractivity contribution in [2.24, 2.45) is 5.92 Å². The summed E-state index contributed by atoms with van der Waals surface area (Å²) in [7, 11) is 0. The lowest BCUT2D eigenvalue weighted by Crippen LogP contribution is -2.41. The predicted molar refractivity (Wildman–Crippen MR) is 55.9 cm³/mol. The maximum Gasteiger partial charge on any atom is 0.223 e. The second-order valence-electron chi connectivity index (χ2n) is 4.27. The van der Waals surface area contributed by atoms with Gasteiger partial charge in [0.1, 0.15) is 0 Å². The van der Waals surface area contributed by atoms with Crippen LogP contribution < -0.4 is 5.32 Å². The van der Waals surface area contributed by atoms with Crippen molar-refractivity contribution in [2.45, 2.75) is 51.6 Å². The second-order valence-corrected chi connectivity index (χ2v) is 4.27. The first-order valence-electron chi connectivity index (χ1n) is 5.61. The molecule has 1 heterocycles. The van der Waals surface area contributed by atoms with E-state index >= 15 is 0 Å². The van der Waals surface area contributed by atoms with Crippen LogP contribution in [0.2, 0.25) is 0 Å². The minimum atomic E-state index is -0.640. The largest absolute Gasteiger partial charge is 0.390 e. The number of piperidine rings is 1. The summed E-state index contributed by atoms with van der Waals surface area (Å²) in [6.45, 7) is 4.75. The highest BCUT2D eigenvalue weighted by atomic mass is 16.3. The van der Waals surface area contributed by atoms with Gasteiger partial charge in [0.2, 0.25) is 5.91 Å². The Kier molecular flexibility index (Phi) is 3.93. The summed E-state index contributed by atoms with van der Waals surface area (Å²) in [4.78, 5) is 11.5. The maximum absolute atomic E-state index is 11.5. The second kappa shape index (κ2) is 4.78. The van der Waals surface area contributed by atoms with Gasteiger partial charge in [0.15, 0.2) is 0 Å². The molecule has 1 rings (SSSR count). The molecule has 3 nitrogen and oxygen atoms in total. The molecule has 14 heavy (non-hydrogen) atoms. The minimum Gasteiger partial charge on any atom is -0.390 e. The Labute approximate surface area is 85.9 Å². The molecule has 1 fully saturated rings. The number of carbonyl (C=O) groups is 1. The summed E-state index contributed by atoms with van der Waals surface area (Å²) in [6, 6.07) is 0. The van der Waals surface area contributed by atoms with Crippen LogP contribution in [0.25, 0.3) is 0 Å². The summed E-state index contributed by atoms with van der Waals surface area (Å²) in [5.74, 6) is 0.144. The van der Waals surface area contributed by atoms with Crippen molar-refractivity contribution >= 4 is 5.91 Å². The SMILES string of the molecule is CCC(O)(CC)CC1CCCNC1=O. The molecule has 1 atom stereocenters. The highest BCUT2D eigenvalue weighted by Gasteiger charge is 2.31. The summed E-state index contributed by atoms with van der Waals surface area (Å²) in [6.07, 6.45) is 4.04. The van der Waals surface area contributed by atoms with E-state index in [0.29, 0.717) is 6.42 Å². The lowest BCUT2D eigenvalue weighted by atomic mass is 9.82. The number of amides is 1. The van der Waals surface area contributed by atoms with Gasteiger partial charge in [-0.25, -0.2) is 0 Å². The molecular weight excluding hydrogens is 178 g/mol. The molecule has 0 aromatic rings. The first-order valence-corrected chi connectivity index (χ1v) is 5.61. The third kappa shape index (κ3) is 2.71. The van der Waals surface area contributed by atoms with Gasteiger partial charge in [-0.05, 0) is 32.1 Å². The lowest BCUT2D eigenvalue weighted by Gasteiger charge is -2.31. The van der Waals surface area contributed by atoms with Gasteiger partial charge in [0.25, 0.3) is 0 Å². The van der Waals surface area contributed by atoms with Crippen LogP contribution in [0.3, 0.4) is 0 Å². The van der Waals surface area contributed by atoms with Crippen LogP contribution in [-0.2, 0) is 4.79 Å². The molecule has 1 unspecified atom stereocenters. The zero-order chi connectivity index (χ0) is 10.6. The smallest absolute Gasteiger partial charge is 0.223 e. The molecule has 0 aromatic heterocycles.